The maximum Gasteiger partial charge on any atom is 0.240 e. The summed E-state index contributed by atoms with van der Waals surface area (Å²) in [6.07, 6.45) is 0.995. The molecule has 0 aromatic heterocycles. The predicted molar refractivity (Wildman–Crippen MR) is 85.0 cm³/mol. The molecule has 0 fully saturated rings. The largest absolute Gasteiger partial charge is 0.377 e. The van der Waals surface area contributed by atoms with E-state index in [1.165, 1.54) is 0 Å². The van der Waals surface area contributed by atoms with Crippen molar-refractivity contribution >= 4 is 10.0 Å². The minimum Gasteiger partial charge on any atom is -0.377 e. The first-order valence-electron chi connectivity index (χ1n) is 7.36. The van der Waals surface area contributed by atoms with E-state index in [0.29, 0.717) is 11.5 Å². The van der Waals surface area contributed by atoms with Crippen molar-refractivity contribution in [1.29, 1.82) is 0 Å². The second-order valence-corrected chi connectivity index (χ2v) is 6.83. The highest BCUT2D eigenvalue weighted by Crippen LogP contribution is 2.10. The normalized spacial score (nSPS) is 12.0. The van der Waals surface area contributed by atoms with Crippen LogP contribution < -0.4 is 10.0 Å². The van der Waals surface area contributed by atoms with E-state index < -0.39 is 10.0 Å². The van der Waals surface area contributed by atoms with E-state index in [-0.39, 0.29) is 12.6 Å². The van der Waals surface area contributed by atoms with Crippen LogP contribution >= 0.6 is 0 Å². The summed E-state index contributed by atoms with van der Waals surface area (Å²) in [6.45, 7) is 8.38. The first-order valence-corrected chi connectivity index (χ1v) is 8.85. The lowest BCUT2D eigenvalue weighted by atomic mass is 10.1. The van der Waals surface area contributed by atoms with Crippen molar-refractivity contribution in [2.24, 2.45) is 0 Å². The van der Waals surface area contributed by atoms with E-state index in [0.717, 1.165) is 25.1 Å². The van der Waals surface area contributed by atoms with Crippen molar-refractivity contribution in [3.05, 3.63) is 29.8 Å². The zero-order valence-electron chi connectivity index (χ0n) is 13.1. The van der Waals surface area contributed by atoms with Gasteiger partial charge in [-0.1, -0.05) is 19.1 Å². The molecule has 21 heavy (non-hydrogen) atoms. The maximum atomic E-state index is 12.1. The molecule has 0 spiro atoms. The molecule has 1 rings (SSSR count). The van der Waals surface area contributed by atoms with Crippen LogP contribution in [0.3, 0.4) is 0 Å². The second-order valence-electron chi connectivity index (χ2n) is 5.06. The number of sulfonamides is 1. The Hall–Kier alpha value is -0.950. The van der Waals surface area contributed by atoms with Gasteiger partial charge in [-0.15, -0.1) is 0 Å². The summed E-state index contributed by atoms with van der Waals surface area (Å²) >= 11 is 0. The summed E-state index contributed by atoms with van der Waals surface area (Å²) in [5, 5.41) is 3.24. The van der Waals surface area contributed by atoms with E-state index in [9.17, 15) is 8.42 Å². The molecule has 0 saturated heterocycles. The molecular formula is C15H26N2O3S. The van der Waals surface area contributed by atoms with Crippen LogP contribution in [-0.2, 0) is 21.2 Å². The van der Waals surface area contributed by atoms with Gasteiger partial charge in [0.1, 0.15) is 0 Å². The lowest BCUT2D eigenvalue weighted by molar-refractivity contribution is 0.0834. The van der Waals surface area contributed by atoms with Crippen LogP contribution in [0.5, 0.6) is 0 Å². The number of hydrogen-bond acceptors (Lipinski definition) is 4. The van der Waals surface area contributed by atoms with E-state index in [1.54, 1.807) is 12.1 Å². The second kappa shape index (κ2) is 9.15. The van der Waals surface area contributed by atoms with Gasteiger partial charge in [-0.05, 0) is 51.1 Å². The van der Waals surface area contributed by atoms with Crippen molar-refractivity contribution < 1.29 is 13.2 Å². The Morgan fingerprint density at radius 3 is 2.38 bits per heavy atom. The molecule has 0 aliphatic carbocycles. The monoisotopic (exact) mass is 314 g/mol. The highest BCUT2D eigenvalue weighted by Gasteiger charge is 2.13. The fourth-order valence-electron chi connectivity index (χ4n) is 1.80. The Balaban J connectivity index is 2.50. The van der Waals surface area contributed by atoms with Crippen LogP contribution in [-0.4, -0.2) is 40.8 Å². The number of likely N-dealkylation sites (N-methyl/N-ethyl adjacent to an activating group) is 1. The Morgan fingerprint density at radius 1 is 1.14 bits per heavy atom. The molecule has 0 aliphatic heterocycles. The molecule has 1 aromatic carbocycles. The summed E-state index contributed by atoms with van der Waals surface area (Å²) in [7, 11) is -3.45. The Morgan fingerprint density at radius 2 is 1.81 bits per heavy atom. The fraction of sp³-hybridized carbons (Fsp3) is 0.600. The van der Waals surface area contributed by atoms with E-state index in [2.05, 4.69) is 17.0 Å². The van der Waals surface area contributed by atoms with Crippen molar-refractivity contribution in [3.8, 4) is 0 Å². The Kier molecular flexibility index (Phi) is 7.88. The number of nitrogens with one attached hydrogen (secondary N) is 2. The first-order chi connectivity index (χ1) is 9.95. The van der Waals surface area contributed by atoms with Gasteiger partial charge in [0.15, 0.2) is 0 Å². The van der Waals surface area contributed by atoms with Gasteiger partial charge >= 0.3 is 0 Å². The quantitative estimate of drug-likeness (QED) is 0.643. The number of benzene rings is 1. The summed E-state index contributed by atoms with van der Waals surface area (Å²) in [5.74, 6) is 0. The molecule has 0 unspecified atom stereocenters. The van der Waals surface area contributed by atoms with Gasteiger partial charge in [-0.25, -0.2) is 13.1 Å². The van der Waals surface area contributed by atoms with Gasteiger partial charge in [0.25, 0.3) is 0 Å². The standard InChI is InChI=1S/C15H26N2O3S/c1-4-16-10-9-14-5-7-15(8-6-14)21(18,19)17-11-12-20-13(2)3/h5-8,13,16-17H,4,9-12H2,1-3H3. The highest BCUT2D eigenvalue weighted by molar-refractivity contribution is 7.89. The molecule has 0 atom stereocenters. The van der Waals surface area contributed by atoms with Crippen molar-refractivity contribution in [2.75, 3.05) is 26.2 Å². The molecule has 1 aromatic rings. The van der Waals surface area contributed by atoms with Crippen LogP contribution in [0.2, 0.25) is 0 Å². The third kappa shape index (κ3) is 7.04. The molecule has 6 heteroatoms. The lowest BCUT2D eigenvalue weighted by Gasteiger charge is -2.10. The molecule has 0 bridgehead atoms. The molecule has 0 heterocycles. The Labute approximate surface area is 128 Å². The average Bonchev–Trinajstić information content (AvgIpc) is 2.44. The van der Waals surface area contributed by atoms with Crippen LogP contribution in [0, 0.1) is 0 Å². The zero-order chi connectivity index (χ0) is 15.7. The number of ether oxygens (including phenoxy) is 1. The SMILES string of the molecule is CCNCCc1ccc(S(=O)(=O)NCCOC(C)C)cc1. The van der Waals surface area contributed by atoms with Gasteiger partial charge in [0.05, 0.1) is 17.6 Å². The minimum atomic E-state index is -3.45. The molecule has 0 amide bonds. The molecule has 2 N–H and O–H groups in total. The molecule has 0 radical (unpaired) electrons. The van der Waals surface area contributed by atoms with E-state index >= 15 is 0 Å². The first kappa shape index (κ1) is 18.1. The molecule has 5 nitrogen and oxygen atoms in total. The van der Waals surface area contributed by atoms with E-state index in [4.69, 9.17) is 4.74 Å². The molecule has 0 saturated carbocycles. The average molecular weight is 314 g/mol. The van der Waals surface area contributed by atoms with Crippen LogP contribution in [0.25, 0.3) is 0 Å². The third-order valence-electron chi connectivity index (χ3n) is 2.92. The van der Waals surface area contributed by atoms with Gasteiger partial charge in [-0.3, -0.25) is 0 Å². The molecule has 0 aliphatic rings. The summed E-state index contributed by atoms with van der Waals surface area (Å²) < 4.78 is 32.0. The van der Waals surface area contributed by atoms with Crippen molar-refractivity contribution in [3.63, 3.8) is 0 Å². The predicted octanol–water partition coefficient (Wildman–Crippen LogP) is 1.54. The summed E-state index contributed by atoms with van der Waals surface area (Å²) in [4.78, 5) is 0.291. The lowest BCUT2D eigenvalue weighted by Crippen LogP contribution is -2.28. The summed E-state index contributed by atoms with van der Waals surface area (Å²) in [5.41, 5.74) is 1.12. The minimum absolute atomic E-state index is 0.102. The van der Waals surface area contributed by atoms with Gasteiger partial charge in [-0.2, -0.15) is 0 Å². The fourth-order valence-corrected chi connectivity index (χ4v) is 2.81. The third-order valence-corrected chi connectivity index (χ3v) is 4.40. The topological polar surface area (TPSA) is 67.4 Å². The van der Waals surface area contributed by atoms with Crippen LogP contribution in [0.4, 0.5) is 0 Å². The van der Waals surface area contributed by atoms with Gasteiger partial charge in [0, 0.05) is 6.54 Å². The highest BCUT2D eigenvalue weighted by atomic mass is 32.2. The summed E-state index contributed by atoms with van der Waals surface area (Å²) in [6, 6.07) is 7.01. The van der Waals surface area contributed by atoms with Crippen molar-refractivity contribution in [1.82, 2.24) is 10.0 Å². The zero-order valence-corrected chi connectivity index (χ0v) is 13.9. The molecular weight excluding hydrogens is 288 g/mol. The molecule has 120 valence electrons. The van der Waals surface area contributed by atoms with Crippen LogP contribution in [0.15, 0.2) is 29.2 Å². The smallest absolute Gasteiger partial charge is 0.240 e. The van der Waals surface area contributed by atoms with E-state index in [1.807, 2.05) is 26.0 Å². The number of hydrogen-bond donors (Lipinski definition) is 2. The van der Waals surface area contributed by atoms with Gasteiger partial charge < -0.3 is 10.1 Å². The van der Waals surface area contributed by atoms with Crippen molar-refractivity contribution in [2.45, 2.75) is 38.2 Å². The number of rotatable bonds is 10. The van der Waals surface area contributed by atoms with Crippen LogP contribution in [0.1, 0.15) is 26.3 Å². The van der Waals surface area contributed by atoms with Gasteiger partial charge in [0.2, 0.25) is 10.0 Å². The Bertz CT molecular complexity index is 498. The maximum absolute atomic E-state index is 12.1.